The molecule has 3 aliphatic heterocycles. The number of likely N-dealkylation sites (N-methyl/N-ethyl adjacent to an activating group) is 1. The van der Waals surface area contributed by atoms with Crippen LogP contribution in [0, 0.1) is 0 Å². The summed E-state index contributed by atoms with van der Waals surface area (Å²) in [7, 11) is 0. The number of piperidine rings is 1. The van der Waals surface area contributed by atoms with E-state index in [0.717, 1.165) is 77.7 Å². The van der Waals surface area contributed by atoms with Crippen LogP contribution in [-0.4, -0.2) is 109 Å². The van der Waals surface area contributed by atoms with Gasteiger partial charge in [-0.3, -0.25) is 19.6 Å². The van der Waals surface area contributed by atoms with Crippen molar-refractivity contribution in [1.82, 2.24) is 24.9 Å². The summed E-state index contributed by atoms with van der Waals surface area (Å²) in [4.78, 5) is 27.1. The lowest BCUT2D eigenvalue weighted by atomic mass is 10.0. The third-order valence-electron chi connectivity index (χ3n) is 6.88. The molecule has 0 spiro atoms. The fourth-order valence-corrected chi connectivity index (χ4v) is 4.98. The highest BCUT2D eigenvalue weighted by Crippen LogP contribution is 2.17. The van der Waals surface area contributed by atoms with Gasteiger partial charge in [-0.25, -0.2) is 0 Å². The fourth-order valence-electron chi connectivity index (χ4n) is 4.98. The number of rotatable bonds is 6. The molecular formula is C22H42N6O. The van der Waals surface area contributed by atoms with Gasteiger partial charge in [0.2, 0.25) is 5.91 Å². The van der Waals surface area contributed by atoms with Gasteiger partial charge >= 0.3 is 0 Å². The van der Waals surface area contributed by atoms with E-state index < -0.39 is 0 Å². The van der Waals surface area contributed by atoms with Gasteiger partial charge in [-0.2, -0.15) is 0 Å². The van der Waals surface area contributed by atoms with Crippen molar-refractivity contribution in [3.05, 3.63) is 0 Å². The Kier molecular flexibility index (Phi) is 8.60. The third kappa shape index (κ3) is 5.85. The number of amides is 1. The molecule has 0 aromatic carbocycles. The van der Waals surface area contributed by atoms with Gasteiger partial charge in [-0.1, -0.05) is 13.3 Å². The van der Waals surface area contributed by atoms with Crippen molar-refractivity contribution < 1.29 is 4.79 Å². The summed E-state index contributed by atoms with van der Waals surface area (Å²) in [6.45, 7) is 16.2. The second-order valence-corrected chi connectivity index (χ2v) is 8.70. The molecule has 7 nitrogen and oxygen atoms in total. The van der Waals surface area contributed by atoms with E-state index in [9.17, 15) is 4.79 Å². The summed E-state index contributed by atoms with van der Waals surface area (Å²) in [5.74, 6) is 1.36. The van der Waals surface area contributed by atoms with E-state index in [2.05, 4.69) is 40.8 Å². The molecule has 0 aromatic heterocycles. The van der Waals surface area contributed by atoms with Crippen molar-refractivity contribution in [2.75, 3.05) is 65.4 Å². The summed E-state index contributed by atoms with van der Waals surface area (Å²) >= 11 is 0. The zero-order valence-corrected chi connectivity index (χ0v) is 18.9. The largest absolute Gasteiger partial charge is 0.357 e. The number of likely N-dealkylation sites (tertiary alicyclic amines) is 2. The van der Waals surface area contributed by atoms with E-state index in [1.807, 2.05) is 4.90 Å². The average Bonchev–Trinajstić information content (AvgIpc) is 3.31. The van der Waals surface area contributed by atoms with Crippen LogP contribution < -0.4 is 5.32 Å². The van der Waals surface area contributed by atoms with Gasteiger partial charge in [0.25, 0.3) is 0 Å². The van der Waals surface area contributed by atoms with Crippen LogP contribution in [0.1, 0.15) is 52.9 Å². The maximum absolute atomic E-state index is 12.7. The van der Waals surface area contributed by atoms with Crippen LogP contribution in [0.15, 0.2) is 4.99 Å². The Morgan fingerprint density at radius 1 is 0.966 bits per heavy atom. The van der Waals surface area contributed by atoms with Crippen molar-refractivity contribution in [2.24, 2.45) is 4.99 Å². The smallest absolute Gasteiger partial charge is 0.239 e. The van der Waals surface area contributed by atoms with Gasteiger partial charge in [0, 0.05) is 51.9 Å². The van der Waals surface area contributed by atoms with Crippen LogP contribution in [0.25, 0.3) is 0 Å². The Balaban J connectivity index is 1.52. The van der Waals surface area contributed by atoms with Gasteiger partial charge in [-0.15, -0.1) is 0 Å². The number of hydrogen-bond donors (Lipinski definition) is 1. The monoisotopic (exact) mass is 406 g/mol. The molecule has 166 valence electrons. The highest BCUT2D eigenvalue weighted by molar-refractivity contribution is 5.82. The minimum atomic E-state index is -0.00451. The third-order valence-corrected chi connectivity index (χ3v) is 6.88. The van der Waals surface area contributed by atoms with Gasteiger partial charge in [0.1, 0.15) is 0 Å². The van der Waals surface area contributed by atoms with E-state index in [4.69, 9.17) is 4.99 Å². The molecule has 0 radical (unpaired) electrons. The zero-order chi connectivity index (χ0) is 20.6. The lowest BCUT2D eigenvalue weighted by molar-refractivity contribution is -0.135. The standard InChI is InChI=1S/C22H42N6O/c1-4-23-22(24-18-20-10-6-7-11-25(20)5-2)28-16-14-26(15-17-28)19(3)21(29)27-12-8-9-13-27/h19-20H,4-18H2,1-3H3,(H,23,24). The predicted molar refractivity (Wildman–Crippen MR) is 119 cm³/mol. The summed E-state index contributed by atoms with van der Waals surface area (Å²) in [5.41, 5.74) is 0. The normalized spacial score (nSPS) is 26.0. The second kappa shape index (κ2) is 11.2. The molecule has 3 saturated heterocycles. The van der Waals surface area contributed by atoms with Crippen LogP contribution >= 0.6 is 0 Å². The molecule has 3 heterocycles. The summed E-state index contributed by atoms with van der Waals surface area (Å²) in [6.07, 6.45) is 6.23. The molecule has 3 rings (SSSR count). The lowest BCUT2D eigenvalue weighted by Gasteiger charge is -2.40. The van der Waals surface area contributed by atoms with Crippen molar-refractivity contribution in [2.45, 2.75) is 65.0 Å². The first kappa shape index (κ1) is 22.3. The maximum atomic E-state index is 12.7. The number of hydrogen-bond acceptors (Lipinski definition) is 4. The topological polar surface area (TPSA) is 54.4 Å². The summed E-state index contributed by atoms with van der Waals surface area (Å²) < 4.78 is 0. The molecule has 1 amide bonds. The molecule has 2 unspecified atom stereocenters. The molecule has 2 atom stereocenters. The number of aliphatic imine (C=N–C) groups is 1. The molecule has 7 heteroatoms. The van der Waals surface area contributed by atoms with Gasteiger partial charge in [0.15, 0.2) is 5.96 Å². The first-order chi connectivity index (χ1) is 14.1. The predicted octanol–water partition coefficient (Wildman–Crippen LogP) is 1.45. The van der Waals surface area contributed by atoms with Crippen molar-refractivity contribution in [3.8, 4) is 0 Å². The average molecular weight is 407 g/mol. The van der Waals surface area contributed by atoms with Gasteiger partial charge < -0.3 is 15.1 Å². The number of nitrogens with zero attached hydrogens (tertiary/aromatic N) is 5. The van der Waals surface area contributed by atoms with Crippen LogP contribution in [0.3, 0.4) is 0 Å². The minimum absolute atomic E-state index is 0.00451. The number of piperazine rings is 1. The zero-order valence-electron chi connectivity index (χ0n) is 18.9. The van der Waals surface area contributed by atoms with Crippen molar-refractivity contribution in [3.63, 3.8) is 0 Å². The highest BCUT2D eigenvalue weighted by Gasteiger charge is 2.30. The van der Waals surface area contributed by atoms with Crippen LogP contribution in [-0.2, 0) is 4.79 Å². The Labute approximate surface area is 177 Å². The Bertz CT molecular complexity index is 539. The molecule has 0 saturated carbocycles. The molecule has 3 fully saturated rings. The van der Waals surface area contributed by atoms with Crippen molar-refractivity contribution in [1.29, 1.82) is 0 Å². The van der Waals surface area contributed by atoms with E-state index in [1.165, 1.54) is 25.8 Å². The Morgan fingerprint density at radius 3 is 2.31 bits per heavy atom. The molecule has 0 bridgehead atoms. The van der Waals surface area contributed by atoms with Crippen LogP contribution in [0.2, 0.25) is 0 Å². The van der Waals surface area contributed by atoms with Gasteiger partial charge in [-0.05, 0) is 52.6 Å². The van der Waals surface area contributed by atoms with E-state index >= 15 is 0 Å². The lowest BCUT2D eigenvalue weighted by Crippen LogP contribution is -2.57. The summed E-state index contributed by atoms with van der Waals surface area (Å²) in [5, 5.41) is 3.50. The quantitative estimate of drug-likeness (QED) is 0.535. The molecule has 3 aliphatic rings. The van der Waals surface area contributed by atoms with E-state index in [-0.39, 0.29) is 6.04 Å². The SMILES string of the molecule is CCNC(=NCC1CCCCN1CC)N1CCN(C(C)C(=O)N2CCCC2)CC1. The minimum Gasteiger partial charge on any atom is -0.357 e. The van der Waals surface area contributed by atoms with Crippen LogP contribution in [0.5, 0.6) is 0 Å². The number of carbonyl (C=O) groups excluding carboxylic acids is 1. The van der Waals surface area contributed by atoms with Crippen molar-refractivity contribution >= 4 is 11.9 Å². The molecule has 0 aromatic rings. The Morgan fingerprint density at radius 2 is 1.66 bits per heavy atom. The highest BCUT2D eigenvalue weighted by atomic mass is 16.2. The maximum Gasteiger partial charge on any atom is 0.239 e. The number of nitrogens with one attached hydrogen (secondary N) is 1. The van der Waals surface area contributed by atoms with Gasteiger partial charge in [0.05, 0.1) is 12.6 Å². The molecular weight excluding hydrogens is 364 g/mol. The molecule has 1 N–H and O–H groups in total. The Hall–Kier alpha value is -1.34. The molecule has 0 aliphatic carbocycles. The second-order valence-electron chi connectivity index (χ2n) is 8.70. The fraction of sp³-hybridized carbons (Fsp3) is 0.909. The first-order valence-corrected chi connectivity index (χ1v) is 11.9. The van der Waals surface area contributed by atoms with Crippen LogP contribution in [0.4, 0.5) is 0 Å². The number of carbonyl (C=O) groups is 1. The van der Waals surface area contributed by atoms with E-state index in [1.54, 1.807) is 0 Å². The summed E-state index contributed by atoms with van der Waals surface area (Å²) in [6, 6.07) is 0.580. The number of guanidine groups is 1. The van der Waals surface area contributed by atoms with E-state index in [0.29, 0.717) is 11.9 Å². The molecule has 29 heavy (non-hydrogen) atoms. The first-order valence-electron chi connectivity index (χ1n) is 11.9.